The summed E-state index contributed by atoms with van der Waals surface area (Å²) in [5.41, 5.74) is 2.13. The second kappa shape index (κ2) is 7.84. The van der Waals surface area contributed by atoms with Crippen molar-refractivity contribution in [3.63, 3.8) is 0 Å². The lowest BCUT2D eigenvalue weighted by atomic mass is 9.00. The van der Waals surface area contributed by atoms with Crippen molar-refractivity contribution in [3.8, 4) is 0 Å². The van der Waals surface area contributed by atoms with E-state index in [0.29, 0.717) is 0 Å². The van der Waals surface area contributed by atoms with Crippen LogP contribution in [0.1, 0.15) is 0 Å². The van der Waals surface area contributed by atoms with Crippen LogP contribution in [-0.4, -0.2) is 144 Å². The third-order valence-corrected chi connectivity index (χ3v) is 12.0. The third-order valence-electron chi connectivity index (χ3n) is 12.0. The zero-order valence-electron chi connectivity index (χ0n) is 22.9. The summed E-state index contributed by atoms with van der Waals surface area (Å²) in [4.78, 5) is 0. The van der Waals surface area contributed by atoms with Gasteiger partial charge in [0.05, 0.1) is 118 Å². The highest BCUT2D eigenvalue weighted by Crippen LogP contribution is 2.77. The summed E-state index contributed by atoms with van der Waals surface area (Å²) in [7, 11) is 39.7. The molecule has 0 bridgehead atoms. The normalized spacial score (nSPS) is 15.5. The average molecular weight is 373 g/mol. The highest BCUT2D eigenvalue weighted by Gasteiger charge is 2.63. The fourth-order valence-electron chi connectivity index (χ4n) is 5.30. The molecule has 0 amide bonds. The van der Waals surface area contributed by atoms with Gasteiger partial charge in [0, 0.05) is 0 Å². The molecule has 0 saturated heterocycles. The van der Waals surface area contributed by atoms with E-state index in [9.17, 15) is 5.21 Å². The minimum atomic E-state index is -0.526. The van der Waals surface area contributed by atoms with Gasteiger partial charge in [-0.2, -0.15) is 0 Å². The first-order chi connectivity index (χ1) is 12.2. The van der Waals surface area contributed by atoms with Gasteiger partial charge in [0.1, 0.15) is 21.5 Å². The van der Waals surface area contributed by atoms with E-state index in [1.807, 2.05) is 0 Å². The van der Waals surface area contributed by atoms with Crippen molar-refractivity contribution in [3.05, 3.63) is 0 Å². The first-order valence-electron chi connectivity index (χ1n) is 11.2. The quantitative estimate of drug-likeness (QED) is 0.171. The molecule has 0 fully saturated rings. The molecule has 0 aliphatic carbocycles. The van der Waals surface area contributed by atoms with E-state index < -0.39 is 5.21 Å². The molecule has 0 atom stereocenters. The Hall–Kier alpha value is 0.534. The number of hydroxylamine groups is 1. The van der Waals surface area contributed by atoms with Gasteiger partial charge in [-0.05, 0) is 5.21 Å². The smallest absolute Gasteiger partial charge is 0.107 e. The van der Waals surface area contributed by atoms with Crippen molar-refractivity contribution < 1.29 is 5.21 Å². The predicted molar refractivity (Wildman–Crippen MR) is 179 cm³/mol. The SMILES string of the molecule is BC(B)(B)C(B)(B)C(B)(B)C(B)(B)C(B)(B)C(B)(B)C(B)(B)C(B)(B)C(=N)NO. The number of amidine groups is 1. The van der Waals surface area contributed by atoms with Gasteiger partial charge in [0.2, 0.25) is 0 Å². The Bertz CT molecular complexity index is 635. The molecule has 29 heavy (non-hydrogen) atoms. The van der Waals surface area contributed by atoms with Gasteiger partial charge in [-0.3, -0.25) is 16.1 Å². The highest BCUT2D eigenvalue weighted by atomic mass is 16.5. The molecule has 0 aromatic heterocycles. The summed E-state index contributed by atoms with van der Waals surface area (Å²) < 4.78 is 0. The molecule has 0 aliphatic rings. The fourth-order valence-corrected chi connectivity index (χ4v) is 5.30. The van der Waals surface area contributed by atoms with Gasteiger partial charge >= 0.3 is 0 Å². The standard InChI is InChI=1S/C9H37B17N2O/c10-2(11,1(27)28-29)3(12,13)4(14,15)5(16,17)6(18,19)7(20,21)8(22,23)9(24,25)26/h29H,10-26H2,(H2,27,28). The molecule has 0 radical (unpaired) electrons. The molecule has 3 N–H and O–H groups in total. The zero-order chi connectivity index (χ0) is 24.3. The topological polar surface area (TPSA) is 56.1 Å². The Balaban J connectivity index is 6.77. The lowest BCUT2D eigenvalue weighted by Crippen LogP contribution is -2.61. The fraction of sp³-hybridized carbons (Fsp3) is 0.889. The number of hydrogen-bond acceptors (Lipinski definition) is 2. The van der Waals surface area contributed by atoms with Crippen LogP contribution in [-0.2, 0) is 0 Å². The Morgan fingerprint density at radius 2 is 0.724 bits per heavy atom. The molecular weight excluding hydrogens is 336 g/mol. The van der Waals surface area contributed by atoms with Crippen LogP contribution in [0, 0.1) is 5.41 Å². The van der Waals surface area contributed by atoms with Crippen LogP contribution in [0.25, 0.3) is 0 Å². The maximum Gasteiger partial charge on any atom is 0.107 e. The number of hydrogen-bond donors (Lipinski definition) is 3. The average Bonchev–Trinajstić information content (AvgIpc) is 2.51. The summed E-state index contributed by atoms with van der Waals surface area (Å²) in [6, 6.07) is 0. The molecule has 140 valence electrons. The summed E-state index contributed by atoms with van der Waals surface area (Å²) >= 11 is 0. The minimum absolute atomic E-state index is 0.0253. The first-order valence-corrected chi connectivity index (χ1v) is 11.2. The third kappa shape index (κ3) is 3.93. The minimum Gasteiger partial charge on any atom is -0.290 e. The van der Waals surface area contributed by atoms with E-state index in [-0.39, 0.29) is 42.2 Å². The van der Waals surface area contributed by atoms with Crippen molar-refractivity contribution in [2.45, 2.75) is 41.6 Å². The van der Waals surface area contributed by atoms with Crippen LogP contribution in [0.15, 0.2) is 0 Å². The predicted octanol–water partition coefficient (Wildman–Crippen LogP) is -14.4. The van der Waals surface area contributed by atoms with Gasteiger partial charge in [0.15, 0.2) is 0 Å². The van der Waals surface area contributed by atoms with Crippen LogP contribution >= 0.6 is 0 Å². The maximum absolute atomic E-state index is 9.51. The van der Waals surface area contributed by atoms with Crippen LogP contribution in [0.2, 0.25) is 41.6 Å². The van der Waals surface area contributed by atoms with Crippen molar-refractivity contribution in [2.75, 3.05) is 0 Å². The molecule has 0 rings (SSSR count). The Kier molecular flexibility index (Phi) is 7.98. The van der Waals surface area contributed by atoms with E-state index >= 15 is 0 Å². The Labute approximate surface area is 196 Å². The number of nitrogens with one attached hydrogen (secondary N) is 2. The van der Waals surface area contributed by atoms with E-state index in [0.717, 1.165) is 0 Å². The van der Waals surface area contributed by atoms with E-state index in [1.165, 1.54) is 0 Å². The van der Waals surface area contributed by atoms with Crippen molar-refractivity contribution in [1.82, 2.24) is 5.48 Å². The maximum atomic E-state index is 9.51. The highest BCUT2D eigenvalue weighted by molar-refractivity contribution is 6.75. The molecule has 0 aliphatic heterocycles. The molecule has 0 aromatic rings. The second-order valence-corrected chi connectivity index (χ2v) is 14.1. The Morgan fingerprint density at radius 1 is 0.483 bits per heavy atom. The summed E-state index contributed by atoms with van der Waals surface area (Å²) in [6.07, 6.45) is 0. The van der Waals surface area contributed by atoms with E-state index in [4.69, 9.17) is 5.41 Å². The molecule has 20 heteroatoms. The zero-order valence-corrected chi connectivity index (χ0v) is 22.9. The van der Waals surface area contributed by atoms with Crippen molar-refractivity contribution >= 4 is 139 Å². The summed E-state index contributed by atoms with van der Waals surface area (Å²) in [5, 5.41) is 17.1. The molecule has 0 heterocycles. The second-order valence-electron chi connectivity index (χ2n) is 14.1. The summed E-state index contributed by atoms with van der Waals surface area (Å²) in [6.45, 7) is 0. The van der Waals surface area contributed by atoms with Crippen molar-refractivity contribution in [2.24, 2.45) is 0 Å². The first kappa shape index (κ1) is 29.5. The van der Waals surface area contributed by atoms with E-state index in [1.54, 1.807) is 0 Å². The lowest BCUT2D eigenvalue weighted by Gasteiger charge is -2.72. The monoisotopic (exact) mass is 376 g/mol. The van der Waals surface area contributed by atoms with Crippen LogP contribution in [0.3, 0.4) is 0 Å². The Morgan fingerprint density at radius 3 is 0.966 bits per heavy atom. The lowest BCUT2D eigenvalue weighted by molar-refractivity contribution is 0.228. The van der Waals surface area contributed by atoms with Crippen molar-refractivity contribution in [1.29, 1.82) is 5.41 Å². The van der Waals surface area contributed by atoms with Gasteiger partial charge in [-0.1, -0.05) is 5.21 Å². The molecule has 3 nitrogen and oxygen atoms in total. The number of rotatable bonds is 8. The van der Waals surface area contributed by atoms with Gasteiger partial charge in [-0.15, -0.1) is 31.2 Å². The summed E-state index contributed by atoms with van der Waals surface area (Å²) in [5.74, 6) is 0.165. The van der Waals surface area contributed by atoms with E-state index in [2.05, 4.69) is 139 Å². The molecular formula is C9H37B17N2O. The largest absolute Gasteiger partial charge is 0.290 e. The van der Waals surface area contributed by atoms with Gasteiger partial charge < -0.3 is 0 Å². The molecule has 0 saturated carbocycles. The van der Waals surface area contributed by atoms with Crippen LogP contribution in [0.4, 0.5) is 0 Å². The van der Waals surface area contributed by atoms with Gasteiger partial charge in [-0.25, -0.2) is 0 Å². The molecule has 0 spiro atoms. The molecule has 0 aromatic carbocycles. The van der Waals surface area contributed by atoms with Crippen LogP contribution in [0.5, 0.6) is 0 Å². The molecule has 0 unspecified atom stereocenters. The van der Waals surface area contributed by atoms with Crippen LogP contribution < -0.4 is 5.48 Å². The van der Waals surface area contributed by atoms with Gasteiger partial charge in [0.25, 0.3) is 0 Å².